The summed E-state index contributed by atoms with van der Waals surface area (Å²) >= 11 is 1.34. The number of benzene rings is 1. The molecule has 25 heavy (non-hydrogen) atoms. The summed E-state index contributed by atoms with van der Waals surface area (Å²) in [7, 11) is 0. The van der Waals surface area contributed by atoms with Gasteiger partial charge in [-0.3, -0.25) is 9.78 Å². The largest absolute Gasteiger partial charge is 0.372 e. The fraction of sp³-hybridized carbons (Fsp3) is 0.211. The van der Waals surface area contributed by atoms with Gasteiger partial charge in [0.2, 0.25) is 0 Å². The van der Waals surface area contributed by atoms with E-state index in [1.807, 2.05) is 30.3 Å². The molecule has 1 aliphatic heterocycles. The number of amides is 1. The topological polar surface area (TPSA) is 57.6 Å². The Kier molecular flexibility index (Phi) is 5.50. The molecular weight excluding hydrogens is 332 g/mol. The van der Waals surface area contributed by atoms with Gasteiger partial charge in [0.25, 0.3) is 5.91 Å². The maximum atomic E-state index is 12.1. The van der Waals surface area contributed by atoms with Crippen molar-refractivity contribution in [3.8, 4) is 0 Å². The van der Waals surface area contributed by atoms with Crippen LogP contribution >= 0.6 is 11.8 Å². The lowest BCUT2D eigenvalue weighted by Gasteiger charge is -2.20. The summed E-state index contributed by atoms with van der Waals surface area (Å²) in [5.74, 6) is -0.132. The standard InChI is InChI=1S/C19H20N4OS/c1-3-23(4-2)16-9-7-15(8-10-16)21-19-22-18(24)17(25-19)12-14-6-5-11-20-13-14/h5-13H,3-4H2,1-2H3,(H,21,22,24). The molecule has 1 aromatic carbocycles. The third-order valence-electron chi connectivity index (χ3n) is 3.84. The van der Waals surface area contributed by atoms with Gasteiger partial charge in [-0.25, -0.2) is 4.99 Å². The molecule has 1 saturated heterocycles. The van der Waals surface area contributed by atoms with E-state index in [1.54, 1.807) is 12.4 Å². The van der Waals surface area contributed by atoms with Crippen molar-refractivity contribution in [2.45, 2.75) is 13.8 Å². The van der Waals surface area contributed by atoms with E-state index in [0.717, 1.165) is 24.3 Å². The van der Waals surface area contributed by atoms with Crippen molar-refractivity contribution in [1.82, 2.24) is 10.3 Å². The summed E-state index contributed by atoms with van der Waals surface area (Å²) in [6, 6.07) is 11.8. The van der Waals surface area contributed by atoms with Crippen molar-refractivity contribution < 1.29 is 4.79 Å². The average molecular weight is 352 g/mol. The minimum atomic E-state index is -0.132. The molecule has 0 bridgehead atoms. The molecule has 2 heterocycles. The summed E-state index contributed by atoms with van der Waals surface area (Å²) in [6.45, 7) is 6.22. The second-order valence-electron chi connectivity index (χ2n) is 5.46. The molecule has 1 aromatic heterocycles. The molecule has 1 N–H and O–H groups in total. The number of aliphatic imine (C=N–C) groups is 1. The predicted octanol–water partition coefficient (Wildman–Crippen LogP) is 3.82. The molecule has 128 valence electrons. The Morgan fingerprint density at radius 1 is 1.20 bits per heavy atom. The molecule has 0 unspecified atom stereocenters. The number of carbonyl (C=O) groups excluding carboxylic acids is 1. The second kappa shape index (κ2) is 7.98. The smallest absolute Gasteiger partial charge is 0.264 e. The van der Waals surface area contributed by atoms with Crippen molar-refractivity contribution >= 4 is 40.3 Å². The first kappa shape index (κ1) is 17.2. The predicted molar refractivity (Wildman–Crippen MR) is 105 cm³/mol. The van der Waals surface area contributed by atoms with E-state index in [2.05, 4.69) is 46.2 Å². The number of anilines is 1. The zero-order valence-electron chi connectivity index (χ0n) is 14.3. The first-order valence-corrected chi connectivity index (χ1v) is 9.06. The van der Waals surface area contributed by atoms with Crippen molar-refractivity contribution in [2.24, 2.45) is 4.99 Å². The van der Waals surface area contributed by atoms with Crippen LogP contribution in [0, 0.1) is 0 Å². The molecular formula is C19H20N4OS. The van der Waals surface area contributed by atoms with Crippen LogP contribution in [0.15, 0.2) is 58.7 Å². The SMILES string of the molecule is CCN(CC)c1ccc(N=C2NC(=O)C(=Cc3cccnc3)S2)cc1. The number of aromatic nitrogens is 1. The Morgan fingerprint density at radius 3 is 2.60 bits per heavy atom. The number of thioether (sulfide) groups is 1. The normalized spacial score (nSPS) is 17.1. The monoisotopic (exact) mass is 352 g/mol. The molecule has 0 radical (unpaired) electrons. The van der Waals surface area contributed by atoms with Crippen LogP contribution in [-0.2, 0) is 4.79 Å². The van der Waals surface area contributed by atoms with Gasteiger partial charge in [0, 0.05) is 31.2 Å². The van der Waals surface area contributed by atoms with E-state index in [0.29, 0.717) is 10.1 Å². The van der Waals surface area contributed by atoms with Gasteiger partial charge >= 0.3 is 0 Å². The third-order valence-corrected chi connectivity index (χ3v) is 4.75. The molecule has 0 aliphatic carbocycles. The molecule has 0 atom stereocenters. The molecule has 1 aliphatic rings. The zero-order chi connectivity index (χ0) is 17.6. The number of rotatable bonds is 5. The van der Waals surface area contributed by atoms with Gasteiger partial charge in [0.05, 0.1) is 10.6 Å². The number of hydrogen-bond donors (Lipinski definition) is 1. The van der Waals surface area contributed by atoms with Crippen LogP contribution in [0.5, 0.6) is 0 Å². The summed E-state index contributed by atoms with van der Waals surface area (Å²) in [5.41, 5.74) is 2.89. The second-order valence-corrected chi connectivity index (χ2v) is 6.49. The number of amidine groups is 1. The minimum absolute atomic E-state index is 0.132. The summed E-state index contributed by atoms with van der Waals surface area (Å²) in [6.07, 6.45) is 5.25. The van der Waals surface area contributed by atoms with Crippen molar-refractivity contribution in [2.75, 3.05) is 18.0 Å². The highest BCUT2D eigenvalue weighted by Gasteiger charge is 2.23. The van der Waals surface area contributed by atoms with Gasteiger partial charge < -0.3 is 10.2 Å². The minimum Gasteiger partial charge on any atom is -0.372 e. The van der Waals surface area contributed by atoms with Gasteiger partial charge in [0.1, 0.15) is 0 Å². The lowest BCUT2D eigenvalue weighted by atomic mass is 10.2. The van der Waals surface area contributed by atoms with Crippen molar-refractivity contribution in [1.29, 1.82) is 0 Å². The Morgan fingerprint density at radius 2 is 1.96 bits per heavy atom. The molecule has 3 rings (SSSR count). The maximum Gasteiger partial charge on any atom is 0.264 e. The molecule has 1 fully saturated rings. The maximum absolute atomic E-state index is 12.1. The Labute approximate surface area is 151 Å². The van der Waals surface area contributed by atoms with Crippen LogP contribution < -0.4 is 10.2 Å². The van der Waals surface area contributed by atoms with Crippen molar-refractivity contribution in [3.05, 3.63) is 59.3 Å². The van der Waals surface area contributed by atoms with Crippen LogP contribution in [0.25, 0.3) is 6.08 Å². The Hall–Kier alpha value is -2.60. The lowest BCUT2D eigenvalue weighted by molar-refractivity contribution is -0.115. The summed E-state index contributed by atoms with van der Waals surface area (Å²) < 4.78 is 0. The van der Waals surface area contributed by atoms with Gasteiger partial charge in [-0.2, -0.15) is 0 Å². The van der Waals surface area contributed by atoms with E-state index in [9.17, 15) is 4.79 Å². The first-order valence-electron chi connectivity index (χ1n) is 8.24. The fourth-order valence-corrected chi connectivity index (χ4v) is 3.38. The number of hydrogen-bond acceptors (Lipinski definition) is 5. The highest BCUT2D eigenvalue weighted by atomic mass is 32.2. The highest BCUT2D eigenvalue weighted by molar-refractivity contribution is 8.18. The zero-order valence-corrected chi connectivity index (χ0v) is 15.1. The lowest BCUT2D eigenvalue weighted by Crippen LogP contribution is -2.21. The van der Waals surface area contributed by atoms with Gasteiger partial charge in [-0.15, -0.1) is 0 Å². The van der Waals surface area contributed by atoms with E-state index in [4.69, 9.17) is 0 Å². The van der Waals surface area contributed by atoms with E-state index < -0.39 is 0 Å². The van der Waals surface area contributed by atoms with Crippen LogP contribution in [0.3, 0.4) is 0 Å². The van der Waals surface area contributed by atoms with Crippen LogP contribution in [0.4, 0.5) is 11.4 Å². The Bertz CT molecular complexity index is 796. The van der Waals surface area contributed by atoms with Crippen molar-refractivity contribution in [3.63, 3.8) is 0 Å². The highest BCUT2D eigenvalue weighted by Crippen LogP contribution is 2.28. The van der Waals surface area contributed by atoms with Crippen LogP contribution in [0.2, 0.25) is 0 Å². The molecule has 0 saturated carbocycles. The Balaban J connectivity index is 1.75. The van der Waals surface area contributed by atoms with Gasteiger partial charge in [0.15, 0.2) is 5.17 Å². The summed E-state index contributed by atoms with van der Waals surface area (Å²) in [5, 5.41) is 3.40. The fourth-order valence-electron chi connectivity index (χ4n) is 2.54. The quantitative estimate of drug-likeness (QED) is 0.831. The first-order chi connectivity index (χ1) is 12.2. The van der Waals surface area contributed by atoms with Crippen LogP contribution in [0.1, 0.15) is 19.4 Å². The molecule has 2 aromatic rings. The molecule has 5 nitrogen and oxygen atoms in total. The van der Waals surface area contributed by atoms with Gasteiger partial charge in [-0.1, -0.05) is 6.07 Å². The number of nitrogens with one attached hydrogen (secondary N) is 1. The van der Waals surface area contributed by atoms with E-state index in [1.165, 1.54) is 17.4 Å². The molecule has 6 heteroatoms. The van der Waals surface area contributed by atoms with E-state index in [-0.39, 0.29) is 5.91 Å². The van der Waals surface area contributed by atoms with E-state index >= 15 is 0 Å². The van der Waals surface area contributed by atoms with Crippen LogP contribution in [-0.4, -0.2) is 29.1 Å². The summed E-state index contributed by atoms with van der Waals surface area (Å²) in [4.78, 5) is 23.6. The third kappa shape index (κ3) is 4.28. The average Bonchev–Trinajstić information content (AvgIpc) is 2.97. The molecule has 0 spiro atoms. The van der Waals surface area contributed by atoms with Gasteiger partial charge in [-0.05, 0) is 67.6 Å². The number of pyridine rings is 1. The number of nitrogens with zero attached hydrogens (tertiary/aromatic N) is 3. The molecule has 1 amide bonds. The number of carbonyl (C=O) groups is 1.